The Bertz CT molecular complexity index is 2230. The molecule has 0 aliphatic carbocycles. The molecule has 0 unspecified atom stereocenters. The zero-order valence-corrected chi connectivity index (χ0v) is 27.2. The van der Waals surface area contributed by atoms with Gasteiger partial charge in [-0.25, -0.2) is 4.98 Å². The van der Waals surface area contributed by atoms with E-state index < -0.39 is 0 Å². The Balaban J connectivity index is 1.48. The van der Waals surface area contributed by atoms with Crippen molar-refractivity contribution in [2.24, 2.45) is 0 Å². The van der Waals surface area contributed by atoms with Gasteiger partial charge in [0.25, 0.3) is 0 Å². The highest BCUT2D eigenvalue weighted by molar-refractivity contribution is 5.97. The number of benzene rings is 4. The fourth-order valence-corrected chi connectivity index (χ4v) is 6.13. The van der Waals surface area contributed by atoms with Crippen molar-refractivity contribution < 1.29 is 5.11 Å². The average molecular weight is 603 g/mol. The van der Waals surface area contributed by atoms with E-state index >= 15 is 0 Å². The van der Waals surface area contributed by atoms with Crippen LogP contribution in [0.2, 0.25) is 0 Å². The topological polar surface area (TPSA) is 63.8 Å². The second-order valence-corrected chi connectivity index (χ2v) is 14.0. The van der Waals surface area contributed by atoms with Crippen LogP contribution in [0, 0.1) is 0 Å². The fraction of sp³-hybridized carbons (Fsp3) is 0.195. The van der Waals surface area contributed by atoms with Crippen LogP contribution >= 0.6 is 0 Å². The molecule has 0 bridgehead atoms. The van der Waals surface area contributed by atoms with Gasteiger partial charge in [-0.1, -0.05) is 90.1 Å². The van der Waals surface area contributed by atoms with Crippen LogP contribution in [0.5, 0.6) is 5.75 Å². The average Bonchev–Trinajstić information content (AvgIpc) is 3.44. The largest absolute Gasteiger partial charge is 0.506 e. The highest BCUT2D eigenvalue weighted by Gasteiger charge is 2.22. The molecule has 46 heavy (non-hydrogen) atoms. The van der Waals surface area contributed by atoms with Crippen LogP contribution in [0.25, 0.3) is 61.4 Å². The summed E-state index contributed by atoms with van der Waals surface area (Å²) in [7, 11) is 0. The molecule has 0 amide bonds. The molecule has 4 aromatic carbocycles. The smallest absolute Gasteiger partial charge is 0.145 e. The van der Waals surface area contributed by atoms with Gasteiger partial charge in [-0.2, -0.15) is 0 Å². The van der Waals surface area contributed by atoms with Crippen LogP contribution in [-0.2, 0) is 10.8 Å². The van der Waals surface area contributed by atoms with Crippen LogP contribution in [-0.4, -0.2) is 24.6 Å². The van der Waals surface area contributed by atoms with Crippen molar-refractivity contribution in [1.82, 2.24) is 19.5 Å². The van der Waals surface area contributed by atoms with E-state index in [0.29, 0.717) is 5.69 Å². The van der Waals surface area contributed by atoms with E-state index in [9.17, 15) is 5.11 Å². The van der Waals surface area contributed by atoms with Crippen molar-refractivity contribution in [2.45, 2.75) is 52.4 Å². The van der Waals surface area contributed by atoms with Crippen molar-refractivity contribution in [1.29, 1.82) is 0 Å². The molecule has 0 fully saturated rings. The first-order valence-corrected chi connectivity index (χ1v) is 15.8. The first kappa shape index (κ1) is 29.4. The van der Waals surface area contributed by atoms with Gasteiger partial charge in [0.2, 0.25) is 0 Å². The number of para-hydroxylation sites is 1. The lowest BCUT2D eigenvalue weighted by molar-refractivity contribution is 0.475. The Morgan fingerprint density at radius 2 is 1.28 bits per heavy atom. The van der Waals surface area contributed by atoms with E-state index in [2.05, 4.69) is 124 Å². The maximum atomic E-state index is 10.8. The Morgan fingerprint density at radius 1 is 0.587 bits per heavy atom. The fourth-order valence-electron chi connectivity index (χ4n) is 6.13. The van der Waals surface area contributed by atoms with Crippen molar-refractivity contribution in [3.05, 3.63) is 127 Å². The van der Waals surface area contributed by atoms with Gasteiger partial charge in [0.1, 0.15) is 17.3 Å². The number of nitrogens with zero attached hydrogens (tertiary/aromatic N) is 4. The molecular formula is C41H38N4O. The third-order valence-corrected chi connectivity index (χ3v) is 8.72. The minimum absolute atomic E-state index is 0.0168. The molecule has 0 aliphatic rings. The first-order valence-electron chi connectivity index (χ1n) is 15.8. The molecule has 0 aliphatic heterocycles. The molecule has 228 valence electrons. The molecule has 0 spiro atoms. The quantitative estimate of drug-likeness (QED) is 0.218. The minimum Gasteiger partial charge on any atom is -0.506 e. The van der Waals surface area contributed by atoms with E-state index in [1.54, 1.807) is 18.3 Å². The number of fused-ring (bicyclic) bond motifs is 2. The summed E-state index contributed by atoms with van der Waals surface area (Å²) in [6.45, 7) is 13.4. The SMILES string of the molecule is CC(C)(C)c1ccc(-n2c(-c3cccc(-c4cc(C(C)(C)C)cc5cccnc45)c3)nc3c(-c4ncccc4O)cccc32)cc1. The summed E-state index contributed by atoms with van der Waals surface area (Å²) in [6.07, 6.45) is 3.56. The predicted molar refractivity (Wildman–Crippen MR) is 190 cm³/mol. The van der Waals surface area contributed by atoms with Crippen LogP contribution in [0.1, 0.15) is 52.7 Å². The van der Waals surface area contributed by atoms with Crippen molar-refractivity contribution in [3.8, 4) is 45.2 Å². The minimum atomic E-state index is -0.0168. The summed E-state index contributed by atoms with van der Waals surface area (Å²) in [6, 6.07) is 35.5. The number of aromatic hydroxyl groups is 1. The summed E-state index contributed by atoms with van der Waals surface area (Å²) in [5.74, 6) is 0.938. The van der Waals surface area contributed by atoms with Gasteiger partial charge in [-0.05, 0) is 82.1 Å². The number of aromatic nitrogens is 4. The zero-order valence-electron chi connectivity index (χ0n) is 27.2. The molecule has 5 heteroatoms. The lowest BCUT2D eigenvalue weighted by Crippen LogP contribution is -2.11. The summed E-state index contributed by atoms with van der Waals surface area (Å²) in [5.41, 5.74) is 10.7. The molecule has 0 atom stereocenters. The maximum absolute atomic E-state index is 10.8. The standard InChI is InChI=1S/C41H38N4O/c1-40(2,3)29-17-19-31(20-18-29)45-34-15-8-14-32(38-35(46)16-10-22-43-38)37(34)44-39(45)28-12-7-11-26(23-28)33-25-30(41(4,5)6)24-27-13-9-21-42-36(27)33/h7-25,46H,1-6H3. The Morgan fingerprint density at radius 3 is 2.02 bits per heavy atom. The molecular weight excluding hydrogens is 564 g/mol. The molecule has 1 N–H and O–H groups in total. The summed E-state index contributed by atoms with van der Waals surface area (Å²) in [5, 5.41) is 11.9. The third kappa shape index (κ3) is 5.22. The molecule has 7 aromatic rings. The summed E-state index contributed by atoms with van der Waals surface area (Å²) < 4.78 is 2.21. The second-order valence-electron chi connectivity index (χ2n) is 14.0. The van der Waals surface area contributed by atoms with Crippen LogP contribution in [0.4, 0.5) is 0 Å². The Hall–Kier alpha value is -5.29. The first-order chi connectivity index (χ1) is 22.0. The second kappa shape index (κ2) is 11.0. The van der Waals surface area contributed by atoms with Crippen molar-refractivity contribution in [2.75, 3.05) is 0 Å². The number of hydrogen-bond donors (Lipinski definition) is 1. The van der Waals surface area contributed by atoms with Crippen LogP contribution in [0.3, 0.4) is 0 Å². The van der Waals surface area contributed by atoms with Gasteiger partial charge in [-0.3, -0.25) is 14.5 Å². The normalized spacial score (nSPS) is 12.2. The zero-order chi connectivity index (χ0) is 32.2. The third-order valence-electron chi connectivity index (χ3n) is 8.72. The lowest BCUT2D eigenvalue weighted by Gasteiger charge is -2.21. The van der Waals surface area contributed by atoms with E-state index in [0.717, 1.165) is 55.7 Å². The number of pyridine rings is 2. The molecule has 5 nitrogen and oxygen atoms in total. The van der Waals surface area contributed by atoms with Gasteiger partial charge >= 0.3 is 0 Å². The van der Waals surface area contributed by atoms with E-state index in [1.807, 2.05) is 24.4 Å². The highest BCUT2D eigenvalue weighted by Crippen LogP contribution is 2.39. The van der Waals surface area contributed by atoms with Gasteiger partial charge in [0.15, 0.2) is 0 Å². The van der Waals surface area contributed by atoms with E-state index in [4.69, 9.17) is 9.97 Å². The predicted octanol–water partition coefficient (Wildman–Crippen LogP) is 10.3. The van der Waals surface area contributed by atoms with E-state index in [1.165, 1.54) is 11.1 Å². The van der Waals surface area contributed by atoms with Gasteiger partial charge in [-0.15, -0.1) is 0 Å². The molecule has 3 aromatic heterocycles. The van der Waals surface area contributed by atoms with Crippen LogP contribution < -0.4 is 0 Å². The number of imidazole rings is 1. The Labute approximate surface area is 270 Å². The molecule has 0 saturated carbocycles. The van der Waals surface area contributed by atoms with E-state index in [-0.39, 0.29) is 16.6 Å². The monoisotopic (exact) mass is 602 g/mol. The van der Waals surface area contributed by atoms with Crippen molar-refractivity contribution in [3.63, 3.8) is 0 Å². The molecule has 7 rings (SSSR count). The molecule has 0 saturated heterocycles. The number of hydrogen-bond acceptors (Lipinski definition) is 4. The number of rotatable bonds is 4. The van der Waals surface area contributed by atoms with Gasteiger partial charge in [0.05, 0.1) is 16.6 Å². The summed E-state index contributed by atoms with van der Waals surface area (Å²) in [4.78, 5) is 14.6. The summed E-state index contributed by atoms with van der Waals surface area (Å²) >= 11 is 0. The van der Waals surface area contributed by atoms with Crippen molar-refractivity contribution >= 4 is 21.9 Å². The maximum Gasteiger partial charge on any atom is 0.145 e. The Kier molecular flexibility index (Phi) is 7.01. The van der Waals surface area contributed by atoms with Crippen LogP contribution in [0.15, 0.2) is 116 Å². The van der Waals surface area contributed by atoms with Gasteiger partial charge in [0, 0.05) is 40.2 Å². The highest BCUT2D eigenvalue weighted by atomic mass is 16.3. The molecule has 0 radical (unpaired) electrons. The lowest BCUT2D eigenvalue weighted by atomic mass is 9.84. The van der Waals surface area contributed by atoms with Gasteiger partial charge < -0.3 is 5.11 Å². The molecule has 3 heterocycles.